The number of carboxylic acid groups (broad SMARTS) is 1. The topological polar surface area (TPSA) is 498 Å². The number of aromatic nitrogens is 6. The maximum Gasteiger partial charge on any atom is 0.305 e. The van der Waals surface area contributed by atoms with Gasteiger partial charge in [0.15, 0.2) is 11.6 Å². The molecule has 15 N–H and O–H groups in total. The number of rotatable bonds is 44. The third kappa shape index (κ3) is 31.9. The average molecular weight is 1410 g/mol. The number of amides is 8. The first kappa shape index (κ1) is 83.4. The SMILES string of the molecule is CCOCc1nc2c(NC(=O)CNC(=O)COCCOCCOCC(=O)NCCC(=O)NCNC(C)=O)nc3ccccc3c2n1CC(C)(C)O.CCOCc1nc2c(NC(=O)CNC(=O)COCCOCCOCC(=O)NCCC(=O)O)nc3ccccc3c2n1CC(C)(C)O.NCN. The fourth-order valence-corrected chi connectivity index (χ4v) is 8.89. The number of nitrogens with zero attached hydrogens (tertiary/aromatic N) is 6. The van der Waals surface area contributed by atoms with E-state index in [1.54, 1.807) is 27.7 Å². The quantitative estimate of drug-likeness (QED) is 0.0164. The number of para-hydroxylation sites is 2. The second-order valence-corrected chi connectivity index (χ2v) is 22.9. The molecule has 2 aromatic carbocycles. The number of hydrogen-bond acceptors (Lipinski definition) is 25. The van der Waals surface area contributed by atoms with Crippen LogP contribution in [0.2, 0.25) is 0 Å². The van der Waals surface area contributed by atoms with Gasteiger partial charge in [0, 0.05) is 57.1 Å². The summed E-state index contributed by atoms with van der Waals surface area (Å²) >= 11 is 0. The fourth-order valence-electron chi connectivity index (χ4n) is 8.89. The van der Waals surface area contributed by atoms with Gasteiger partial charge in [-0.15, -0.1) is 0 Å². The van der Waals surface area contributed by atoms with Crippen molar-refractivity contribution in [2.45, 2.75) is 98.8 Å². The number of nitrogens with two attached hydrogens (primary N) is 2. The molecular formula is C64H96N16O20. The minimum Gasteiger partial charge on any atom is -0.481 e. The van der Waals surface area contributed by atoms with Gasteiger partial charge in [-0.25, -0.2) is 19.9 Å². The van der Waals surface area contributed by atoms with Crippen molar-refractivity contribution in [3.63, 3.8) is 0 Å². The summed E-state index contributed by atoms with van der Waals surface area (Å²) in [5, 5.41) is 51.8. The fraction of sp³-hybridized carbons (Fsp3) is 0.547. The highest BCUT2D eigenvalue weighted by Gasteiger charge is 2.26. The lowest BCUT2D eigenvalue weighted by Gasteiger charge is -2.20. The zero-order chi connectivity index (χ0) is 73.5. The number of aliphatic hydroxyl groups is 2. The van der Waals surface area contributed by atoms with Crippen molar-refractivity contribution in [2.24, 2.45) is 11.5 Å². The average Bonchev–Trinajstić information content (AvgIpc) is 1.61. The molecule has 4 aromatic heterocycles. The number of imidazole rings is 2. The van der Waals surface area contributed by atoms with Crippen LogP contribution in [-0.2, 0) is 107 Å². The van der Waals surface area contributed by atoms with Crippen LogP contribution in [0.5, 0.6) is 0 Å². The van der Waals surface area contributed by atoms with Gasteiger partial charge in [-0.3, -0.25) is 43.2 Å². The number of carboxylic acids is 1. The van der Waals surface area contributed by atoms with Crippen LogP contribution in [0.15, 0.2) is 48.5 Å². The summed E-state index contributed by atoms with van der Waals surface area (Å²) in [6.45, 7) is 13.7. The van der Waals surface area contributed by atoms with Crippen molar-refractivity contribution in [1.29, 1.82) is 0 Å². The van der Waals surface area contributed by atoms with Gasteiger partial charge >= 0.3 is 5.97 Å². The molecule has 0 unspecified atom stereocenters. The Morgan fingerprint density at radius 2 is 0.830 bits per heavy atom. The van der Waals surface area contributed by atoms with E-state index in [1.807, 2.05) is 71.5 Å². The number of nitrogens with one attached hydrogen (secondary N) is 8. The highest BCUT2D eigenvalue weighted by Crippen LogP contribution is 2.33. The molecule has 552 valence electrons. The number of ether oxygens (including phenoxy) is 8. The van der Waals surface area contributed by atoms with Crippen LogP contribution in [0.25, 0.3) is 43.9 Å². The Labute approximate surface area is 577 Å². The first-order valence-corrected chi connectivity index (χ1v) is 32.2. The van der Waals surface area contributed by atoms with Crippen molar-refractivity contribution in [3.8, 4) is 0 Å². The molecule has 100 heavy (non-hydrogen) atoms. The van der Waals surface area contributed by atoms with E-state index in [2.05, 4.69) is 64.0 Å². The van der Waals surface area contributed by atoms with Crippen molar-refractivity contribution in [1.82, 2.24) is 61.0 Å². The largest absolute Gasteiger partial charge is 0.481 e. The van der Waals surface area contributed by atoms with E-state index in [4.69, 9.17) is 53.0 Å². The first-order chi connectivity index (χ1) is 47.8. The molecule has 0 aliphatic carbocycles. The zero-order valence-electron chi connectivity index (χ0n) is 57.6. The first-order valence-electron chi connectivity index (χ1n) is 32.2. The zero-order valence-corrected chi connectivity index (χ0v) is 57.6. The predicted octanol–water partition coefficient (Wildman–Crippen LogP) is -0.839. The smallest absolute Gasteiger partial charge is 0.305 e. The van der Waals surface area contributed by atoms with Crippen molar-refractivity contribution < 1.29 is 96.4 Å². The molecule has 0 radical (unpaired) electrons. The molecule has 6 rings (SSSR count). The highest BCUT2D eigenvalue weighted by atomic mass is 16.6. The van der Waals surface area contributed by atoms with Gasteiger partial charge in [-0.05, 0) is 53.7 Å². The van der Waals surface area contributed by atoms with Gasteiger partial charge in [0.25, 0.3) is 0 Å². The lowest BCUT2D eigenvalue weighted by Crippen LogP contribution is -2.38. The second kappa shape index (κ2) is 44.9. The van der Waals surface area contributed by atoms with E-state index in [0.29, 0.717) is 58.0 Å². The Balaban J connectivity index is 0.000000410. The van der Waals surface area contributed by atoms with Gasteiger partial charge in [0.1, 0.15) is 62.3 Å². The van der Waals surface area contributed by atoms with E-state index < -0.39 is 46.7 Å². The number of carbonyl (C=O) groups is 9. The summed E-state index contributed by atoms with van der Waals surface area (Å²) in [7, 11) is 0. The van der Waals surface area contributed by atoms with Crippen molar-refractivity contribution >= 4 is 109 Å². The molecule has 0 atom stereocenters. The molecule has 0 bridgehead atoms. The molecule has 0 aliphatic rings. The Morgan fingerprint density at radius 1 is 0.470 bits per heavy atom. The summed E-state index contributed by atoms with van der Waals surface area (Å²) < 4.78 is 46.6. The predicted molar refractivity (Wildman–Crippen MR) is 364 cm³/mol. The normalized spacial score (nSPS) is 11.3. The number of anilines is 2. The van der Waals surface area contributed by atoms with E-state index in [0.717, 1.165) is 10.8 Å². The molecular weight excluding hydrogens is 1310 g/mol. The molecule has 0 aliphatic heterocycles. The molecule has 4 heterocycles. The number of benzene rings is 2. The van der Waals surface area contributed by atoms with Gasteiger partial charge < -0.3 is 116 Å². The number of fused-ring (bicyclic) bond motifs is 6. The Morgan fingerprint density at radius 3 is 1.19 bits per heavy atom. The summed E-state index contributed by atoms with van der Waals surface area (Å²) in [4.78, 5) is 125. The minimum absolute atomic E-state index is 0.0228. The maximum absolute atomic E-state index is 12.9. The van der Waals surface area contributed by atoms with Crippen LogP contribution in [0, 0.1) is 0 Å². The van der Waals surface area contributed by atoms with Gasteiger partial charge in [0.05, 0.1) is 125 Å². The molecule has 0 spiro atoms. The molecule has 0 saturated carbocycles. The Bertz CT molecular complexity index is 3610. The third-order valence-electron chi connectivity index (χ3n) is 13.1. The summed E-state index contributed by atoms with van der Waals surface area (Å²) in [6, 6.07) is 14.9. The third-order valence-corrected chi connectivity index (χ3v) is 13.1. The molecule has 36 heteroatoms. The number of aliphatic carboxylic acids is 1. The molecule has 36 nitrogen and oxygen atoms in total. The van der Waals surface area contributed by atoms with Crippen LogP contribution in [0.1, 0.15) is 73.0 Å². The van der Waals surface area contributed by atoms with Gasteiger partial charge in [-0.1, -0.05) is 36.4 Å². The molecule has 0 fully saturated rings. The minimum atomic E-state index is -1.06. The monoisotopic (exact) mass is 1410 g/mol. The van der Waals surface area contributed by atoms with Crippen LogP contribution < -0.4 is 54.0 Å². The van der Waals surface area contributed by atoms with Crippen LogP contribution in [-0.4, -0.2) is 241 Å². The van der Waals surface area contributed by atoms with Gasteiger partial charge in [0.2, 0.25) is 47.3 Å². The number of carbonyl (C=O) groups excluding carboxylic acids is 8. The second-order valence-electron chi connectivity index (χ2n) is 22.9. The van der Waals surface area contributed by atoms with Crippen molar-refractivity contribution in [2.75, 3.05) is 143 Å². The maximum atomic E-state index is 12.9. The van der Waals surface area contributed by atoms with E-state index in [9.17, 15) is 53.4 Å². The number of hydrogen-bond donors (Lipinski definition) is 13. The van der Waals surface area contributed by atoms with Crippen LogP contribution >= 0.6 is 0 Å². The number of pyridine rings is 2. The molecule has 8 amide bonds. The summed E-state index contributed by atoms with van der Waals surface area (Å²) in [5.74, 6) is -2.85. The summed E-state index contributed by atoms with van der Waals surface area (Å²) in [6.07, 6.45) is -0.110. The Kier molecular flexibility index (Phi) is 37.4. The van der Waals surface area contributed by atoms with Gasteiger partial charge in [-0.2, -0.15) is 0 Å². The van der Waals surface area contributed by atoms with Crippen molar-refractivity contribution in [3.05, 3.63) is 60.2 Å². The Hall–Kier alpha value is -9.05. The standard InChI is InChI=1S/C33H48N8O10.C30H42N6O10.CH6N2/c1-5-48-17-25-39-30-31(41(25)20-33(3,4)47)23-8-6-7-9-24(23)38-32(30)40-27(44)16-35-29(46)19-51-15-13-49-12-14-50-18-28(45)34-11-10-26(43)37-21-36-22(2)42;1-4-43-16-22-34-27-28(36(22)19-30(2,3)42)20-7-5-6-8-21(20)33-29(27)35-23(37)15-32-25(39)18-46-14-12-44-11-13-45-17-24(38)31-10-9-26(40)41;2-1-3/h6-9,47H,5,10-21H2,1-4H3,(H,34,45)(H,35,46)(H,36,42)(H,37,43)(H,38,40,44);5-8,42H,4,9-19H2,1-3H3,(H,31,38)(H,32,39)(H,40,41)(H,33,35,37);1-3H2. The van der Waals surface area contributed by atoms with E-state index in [-0.39, 0.29) is 187 Å². The lowest BCUT2D eigenvalue weighted by atomic mass is 10.1. The van der Waals surface area contributed by atoms with E-state index in [1.165, 1.54) is 6.92 Å². The van der Waals surface area contributed by atoms with Crippen LogP contribution in [0.4, 0.5) is 11.6 Å². The highest BCUT2D eigenvalue weighted by molar-refractivity contribution is 6.11. The lowest BCUT2D eigenvalue weighted by molar-refractivity contribution is -0.137. The summed E-state index contributed by atoms with van der Waals surface area (Å²) in [5.41, 5.74) is 10.6. The molecule has 0 saturated heterocycles. The molecule has 6 aromatic rings. The van der Waals surface area contributed by atoms with E-state index >= 15 is 0 Å². The van der Waals surface area contributed by atoms with Crippen LogP contribution in [0.3, 0.4) is 0 Å².